The van der Waals surface area contributed by atoms with Crippen molar-refractivity contribution >= 4 is 22.0 Å². The van der Waals surface area contributed by atoms with Gasteiger partial charge in [0, 0.05) is 4.47 Å². The van der Waals surface area contributed by atoms with Gasteiger partial charge < -0.3 is 0 Å². The normalized spacial score (nSPS) is 14.5. The van der Waals surface area contributed by atoms with Crippen LogP contribution >= 0.6 is 15.9 Å². The number of benzene rings is 1. The van der Waals surface area contributed by atoms with Crippen molar-refractivity contribution in [3.8, 4) is 0 Å². The van der Waals surface area contributed by atoms with Crippen LogP contribution in [0.4, 0.5) is 0 Å². The maximum absolute atomic E-state index is 3.65. The second-order valence-electron chi connectivity index (χ2n) is 4.40. The van der Waals surface area contributed by atoms with Gasteiger partial charge >= 0.3 is 0 Å². The molecule has 1 aromatic carbocycles. The highest BCUT2D eigenvalue weighted by Gasteiger charge is 2.14. The van der Waals surface area contributed by atoms with Crippen molar-refractivity contribution in [3.05, 3.63) is 38.9 Å². The van der Waals surface area contributed by atoms with Gasteiger partial charge in [-0.15, -0.1) is 0 Å². The number of fused-ring (bicyclic) bond motifs is 1. The van der Waals surface area contributed by atoms with E-state index in [0.29, 0.717) is 5.92 Å². The summed E-state index contributed by atoms with van der Waals surface area (Å²) in [6, 6.07) is 4.59. The topological polar surface area (TPSA) is 0 Å². The first-order valence-corrected chi connectivity index (χ1v) is 5.86. The van der Waals surface area contributed by atoms with Gasteiger partial charge in [0.25, 0.3) is 0 Å². The smallest absolute Gasteiger partial charge is 0.0253 e. The molecule has 1 aliphatic carbocycles. The van der Waals surface area contributed by atoms with Crippen molar-refractivity contribution in [1.29, 1.82) is 0 Å². The first-order chi connectivity index (χ1) is 6.58. The van der Waals surface area contributed by atoms with Crippen LogP contribution in [0.3, 0.4) is 0 Å². The lowest BCUT2D eigenvalue weighted by Gasteiger charge is -2.10. The summed E-state index contributed by atoms with van der Waals surface area (Å²) >= 11 is 3.65. The molecular weight excluding hydrogens is 236 g/mol. The van der Waals surface area contributed by atoms with Gasteiger partial charge in [-0.3, -0.25) is 0 Å². The van der Waals surface area contributed by atoms with Crippen LogP contribution < -0.4 is 0 Å². The fraction of sp³-hybridized carbons (Fsp3) is 0.385. The minimum atomic E-state index is 0.609. The predicted octanol–water partition coefficient (Wildman–Crippen LogP) is 4.53. The Morgan fingerprint density at radius 1 is 1.29 bits per heavy atom. The molecule has 0 spiro atoms. The predicted molar refractivity (Wildman–Crippen MR) is 65.6 cm³/mol. The van der Waals surface area contributed by atoms with Crippen LogP contribution in [0.1, 0.15) is 43.4 Å². The summed E-state index contributed by atoms with van der Waals surface area (Å²) in [7, 11) is 0. The molecule has 14 heavy (non-hydrogen) atoms. The van der Waals surface area contributed by atoms with Gasteiger partial charge in [0.1, 0.15) is 0 Å². The van der Waals surface area contributed by atoms with Crippen LogP contribution in [0.5, 0.6) is 0 Å². The van der Waals surface area contributed by atoms with Crippen LogP contribution in [0, 0.1) is 0 Å². The summed E-state index contributed by atoms with van der Waals surface area (Å²) in [5.74, 6) is 0.609. The molecule has 0 aliphatic heterocycles. The molecule has 1 heteroatoms. The van der Waals surface area contributed by atoms with E-state index in [1.807, 2.05) is 0 Å². The SMILES string of the molecule is CC1=Cc2c(Br)cc(C(C)C)cc2C1. The quantitative estimate of drug-likeness (QED) is 0.687. The molecule has 0 unspecified atom stereocenters. The minimum absolute atomic E-state index is 0.609. The average molecular weight is 251 g/mol. The molecule has 74 valence electrons. The molecule has 0 saturated heterocycles. The van der Waals surface area contributed by atoms with E-state index in [1.165, 1.54) is 26.7 Å². The lowest BCUT2D eigenvalue weighted by molar-refractivity contribution is 0.862. The Hall–Kier alpha value is -0.560. The molecule has 0 nitrogen and oxygen atoms in total. The molecule has 0 aromatic heterocycles. The third kappa shape index (κ3) is 1.66. The average Bonchev–Trinajstić information content (AvgIpc) is 2.45. The molecule has 0 bridgehead atoms. The minimum Gasteiger partial charge on any atom is -0.0683 e. The molecule has 0 saturated carbocycles. The molecule has 0 amide bonds. The lowest BCUT2D eigenvalue weighted by atomic mass is 9.98. The molecule has 0 N–H and O–H groups in total. The highest BCUT2D eigenvalue weighted by atomic mass is 79.9. The number of halogens is 1. The maximum atomic E-state index is 3.65. The van der Waals surface area contributed by atoms with Crippen molar-refractivity contribution in [3.63, 3.8) is 0 Å². The van der Waals surface area contributed by atoms with E-state index in [-0.39, 0.29) is 0 Å². The third-order valence-corrected chi connectivity index (χ3v) is 3.42. The van der Waals surface area contributed by atoms with E-state index in [9.17, 15) is 0 Å². The third-order valence-electron chi connectivity index (χ3n) is 2.76. The summed E-state index contributed by atoms with van der Waals surface area (Å²) in [5.41, 5.74) is 5.74. The number of hydrogen-bond donors (Lipinski definition) is 0. The Morgan fingerprint density at radius 3 is 2.64 bits per heavy atom. The Kier molecular flexibility index (Phi) is 2.52. The van der Waals surface area contributed by atoms with Crippen LogP contribution in [-0.2, 0) is 6.42 Å². The fourth-order valence-electron chi connectivity index (χ4n) is 1.94. The van der Waals surface area contributed by atoms with Gasteiger partial charge in [0.2, 0.25) is 0 Å². The van der Waals surface area contributed by atoms with Crippen molar-refractivity contribution in [2.45, 2.75) is 33.1 Å². The summed E-state index contributed by atoms with van der Waals surface area (Å²) in [6.45, 7) is 6.67. The second-order valence-corrected chi connectivity index (χ2v) is 5.25. The monoisotopic (exact) mass is 250 g/mol. The van der Waals surface area contributed by atoms with Crippen molar-refractivity contribution in [1.82, 2.24) is 0 Å². The largest absolute Gasteiger partial charge is 0.0683 e. The Morgan fingerprint density at radius 2 is 2.00 bits per heavy atom. The van der Waals surface area contributed by atoms with Gasteiger partial charge in [-0.25, -0.2) is 0 Å². The molecule has 0 heterocycles. The molecule has 2 rings (SSSR count). The zero-order valence-electron chi connectivity index (χ0n) is 8.89. The van der Waals surface area contributed by atoms with E-state index < -0.39 is 0 Å². The highest BCUT2D eigenvalue weighted by Crippen LogP contribution is 2.34. The van der Waals surface area contributed by atoms with E-state index >= 15 is 0 Å². The standard InChI is InChI=1S/C13H15Br/c1-8(2)10-6-11-4-9(3)5-12(11)13(14)7-10/h5-8H,4H2,1-3H3. The van der Waals surface area contributed by atoms with Crippen LogP contribution in [0.2, 0.25) is 0 Å². The van der Waals surface area contributed by atoms with E-state index in [2.05, 4.69) is 54.9 Å². The molecule has 1 aromatic rings. The molecule has 1 aliphatic rings. The maximum Gasteiger partial charge on any atom is 0.0253 e. The Balaban J connectivity index is 2.51. The van der Waals surface area contributed by atoms with E-state index in [0.717, 1.165) is 6.42 Å². The van der Waals surface area contributed by atoms with Gasteiger partial charge in [0.05, 0.1) is 0 Å². The van der Waals surface area contributed by atoms with Crippen molar-refractivity contribution in [2.75, 3.05) is 0 Å². The summed E-state index contributed by atoms with van der Waals surface area (Å²) in [4.78, 5) is 0. The second kappa shape index (κ2) is 3.54. The van der Waals surface area contributed by atoms with Gasteiger partial charge in [-0.05, 0) is 42.0 Å². The van der Waals surface area contributed by atoms with Crippen LogP contribution in [-0.4, -0.2) is 0 Å². The highest BCUT2D eigenvalue weighted by molar-refractivity contribution is 9.10. The first kappa shape index (κ1) is 9.97. The van der Waals surface area contributed by atoms with Gasteiger partial charge in [-0.1, -0.05) is 47.5 Å². The van der Waals surface area contributed by atoms with E-state index in [4.69, 9.17) is 0 Å². The van der Waals surface area contributed by atoms with Crippen molar-refractivity contribution in [2.24, 2.45) is 0 Å². The number of rotatable bonds is 1. The Bertz CT molecular complexity index is 400. The molecule has 0 radical (unpaired) electrons. The lowest BCUT2D eigenvalue weighted by Crippen LogP contribution is -1.92. The fourth-order valence-corrected chi connectivity index (χ4v) is 2.57. The van der Waals surface area contributed by atoms with E-state index in [1.54, 1.807) is 0 Å². The molecular formula is C13H15Br. The Labute approximate surface area is 94.2 Å². The number of hydrogen-bond acceptors (Lipinski definition) is 0. The first-order valence-electron chi connectivity index (χ1n) is 5.07. The zero-order valence-corrected chi connectivity index (χ0v) is 10.5. The molecule has 0 fully saturated rings. The summed E-state index contributed by atoms with van der Waals surface area (Å²) in [6.07, 6.45) is 3.40. The summed E-state index contributed by atoms with van der Waals surface area (Å²) < 4.78 is 1.25. The summed E-state index contributed by atoms with van der Waals surface area (Å²) in [5, 5.41) is 0. The van der Waals surface area contributed by atoms with Gasteiger partial charge in [-0.2, -0.15) is 0 Å². The van der Waals surface area contributed by atoms with Gasteiger partial charge in [0.15, 0.2) is 0 Å². The number of allylic oxidation sites excluding steroid dienone is 1. The zero-order chi connectivity index (χ0) is 10.3. The van der Waals surface area contributed by atoms with Crippen LogP contribution in [0.25, 0.3) is 6.08 Å². The molecule has 0 atom stereocenters. The van der Waals surface area contributed by atoms with Crippen LogP contribution in [0.15, 0.2) is 22.2 Å². The van der Waals surface area contributed by atoms with Crippen molar-refractivity contribution < 1.29 is 0 Å².